The number of nitriles is 1. The molecule has 11 heavy (non-hydrogen) atoms. The van der Waals surface area contributed by atoms with E-state index in [4.69, 9.17) is 5.26 Å². The summed E-state index contributed by atoms with van der Waals surface area (Å²) in [4.78, 5) is 0. The van der Waals surface area contributed by atoms with Crippen LogP contribution in [0.3, 0.4) is 0 Å². The van der Waals surface area contributed by atoms with E-state index >= 15 is 0 Å². The fourth-order valence-electron chi connectivity index (χ4n) is 0.939. The maximum absolute atomic E-state index is 8.56. The fourth-order valence-corrected chi connectivity index (χ4v) is 0.939. The molecule has 0 N–H and O–H groups in total. The molecule has 0 amide bonds. The molecule has 0 saturated carbocycles. The molecular formula is C10H13N. The van der Waals surface area contributed by atoms with Gasteiger partial charge in [0.2, 0.25) is 0 Å². The largest absolute Gasteiger partial charge is 0.192 e. The predicted octanol–water partition coefficient (Wildman–Crippen LogP) is 2.81. The minimum Gasteiger partial charge on any atom is -0.192 e. The molecule has 1 aromatic carbocycles. The van der Waals surface area contributed by atoms with E-state index in [1.807, 2.05) is 32.0 Å². The maximum atomic E-state index is 8.56. The minimum atomic E-state index is 0. The first-order valence-corrected chi connectivity index (χ1v) is 3.21. The minimum absolute atomic E-state index is 0. The number of hydrogen-bond acceptors (Lipinski definition) is 1. The molecule has 0 aliphatic carbocycles. The Hall–Kier alpha value is -1.29. The second-order valence-corrected chi connectivity index (χ2v) is 2.43. The summed E-state index contributed by atoms with van der Waals surface area (Å²) in [6.07, 6.45) is 0. The van der Waals surface area contributed by atoms with Crippen molar-refractivity contribution in [2.45, 2.75) is 21.3 Å². The van der Waals surface area contributed by atoms with Crippen molar-refractivity contribution in [2.24, 2.45) is 0 Å². The maximum Gasteiger partial charge on any atom is 0.0994 e. The van der Waals surface area contributed by atoms with Gasteiger partial charge in [0, 0.05) is 0 Å². The Kier molecular flexibility index (Phi) is 3.33. The van der Waals surface area contributed by atoms with Crippen LogP contribution in [0, 0.1) is 25.2 Å². The third-order valence-corrected chi connectivity index (χ3v) is 1.50. The third kappa shape index (κ3) is 2.09. The Morgan fingerprint density at radius 3 is 2.36 bits per heavy atom. The first kappa shape index (κ1) is 9.71. The number of nitrogens with zero attached hydrogens (tertiary/aromatic N) is 1. The second kappa shape index (κ2) is 3.78. The monoisotopic (exact) mass is 147 g/mol. The Morgan fingerprint density at radius 1 is 1.27 bits per heavy atom. The van der Waals surface area contributed by atoms with Crippen molar-refractivity contribution in [3.63, 3.8) is 0 Å². The highest BCUT2D eigenvalue weighted by Gasteiger charge is 1.93. The van der Waals surface area contributed by atoms with Gasteiger partial charge in [-0.05, 0) is 25.5 Å². The van der Waals surface area contributed by atoms with Crippen LogP contribution in [-0.4, -0.2) is 0 Å². The average Bonchev–Trinajstić information content (AvgIpc) is 1.88. The molecule has 0 radical (unpaired) electrons. The standard InChI is InChI=1S/C9H9N.CH4/c1-7-3-4-9(6-10)8(2)5-7;/h3-5H,1-2H3;1H4. The van der Waals surface area contributed by atoms with Gasteiger partial charge in [0.05, 0.1) is 11.6 Å². The van der Waals surface area contributed by atoms with E-state index < -0.39 is 0 Å². The molecule has 1 nitrogen and oxygen atoms in total. The van der Waals surface area contributed by atoms with E-state index in [0.717, 1.165) is 11.1 Å². The van der Waals surface area contributed by atoms with E-state index in [9.17, 15) is 0 Å². The smallest absolute Gasteiger partial charge is 0.0994 e. The Balaban J connectivity index is 0.000001000. The zero-order valence-electron chi connectivity index (χ0n) is 6.18. The Labute approximate surface area is 68.3 Å². The van der Waals surface area contributed by atoms with Gasteiger partial charge < -0.3 is 0 Å². The third-order valence-electron chi connectivity index (χ3n) is 1.50. The van der Waals surface area contributed by atoms with Crippen LogP contribution < -0.4 is 0 Å². The normalized spacial score (nSPS) is 8.09. The van der Waals surface area contributed by atoms with Crippen LogP contribution in [0.25, 0.3) is 0 Å². The van der Waals surface area contributed by atoms with Gasteiger partial charge in [0.15, 0.2) is 0 Å². The van der Waals surface area contributed by atoms with E-state index in [1.54, 1.807) is 0 Å². The summed E-state index contributed by atoms with van der Waals surface area (Å²) in [6, 6.07) is 7.94. The second-order valence-electron chi connectivity index (χ2n) is 2.43. The summed E-state index contributed by atoms with van der Waals surface area (Å²) in [5.41, 5.74) is 3.03. The van der Waals surface area contributed by atoms with Gasteiger partial charge in [-0.3, -0.25) is 0 Å². The van der Waals surface area contributed by atoms with Gasteiger partial charge in [-0.25, -0.2) is 0 Å². The first-order valence-electron chi connectivity index (χ1n) is 3.21. The average molecular weight is 147 g/mol. The highest BCUT2D eigenvalue weighted by atomic mass is 14.2. The van der Waals surface area contributed by atoms with Gasteiger partial charge in [0.25, 0.3) is 0 Å². The summed E-state index contributed by atoms with van der Waals surface area (Å²) in [7, 11) is 0. The number of benzene rings is 1. The van der Waals surface area contributed by atoms with Crippen molar-refractivity contribution in [2.75, 3.05) is 0 Å². The lowest BCUT2D eigenvalue weighted by Crippen LogP contribution is -1.81. The van der Waals surface area contributed by atoms with Crippen molar-refractivity contribution < 1.29 is 0 Å². The van der Waals surface area contributed by atoms with Crippen molar-refractivity contribution in [1.29, 1.82) is 5.26 Å². The van der Waals surface area contributed by atoms with Crippen LogP contribution in [0.1, 0.15) is 24.1 Å². The molecule has 58 valence electrons. The quantitative estimate of drug-likeness (QED) is 0.553. The van der Waals surface area contributed by atoms with Gasteiger partial charge in [-0.2, -0.15) is 5.26 Å². The van der Waals surface area contributed by atoms with Gasteiger partial charge in [-0.1, -0.05) is 25.1 Å². The lowest BCUT2D eigenvalue weighted by atomic mass is 10.1. The SMILES string of the molecule is C.Cc1ccc(C#N)c(C)c1. The van der Waals surface area contributed by atoms with E-state index in [0.29, 0.717) is 0 Å². The van der Waals surface area contributed by atoms with Crippen LogP contribution in [0.15, 0.2) is 18.2 Å². The lowest BCUT2D eigenvalue weighted by molar-refractivity contribution is 1.34. The molecule has 0 aromatic heterocycles. The van der Waals surface area contributed by atoms with Gasteiger partial charge in [0.1, 0.15) is 0 Å². The number of rotatable bonds is 0. The molecule has 1 heteroatoms. The molecule has 1 aromatic rings. The highest BCUT2D eigenvalue weighted by Crippen LogP contribution is 2.08. The molecule has 0 aliphatic rings. The van der Waals surface area contributed by atoms with E-state index in [-0.39, 0.29) is 7.43 Å². The van der Waals surface area contributed by atoms with Crippen molar-refractivity contribution in [3.05, 3.63) is 34.9 Å². The van der Waals surface area contributed by atoms with Crippen molar-refractivity contribution >= 4 is 0 Å². The number of hydrogen-bond donors (Lipinski definition) is 0. The van der Waals surface area contributed by atoms with Crippen LogP contribution in [-0.2, 0) is 0 Å². The highest BCUT2D eigenvalue weighted by molar-refractivity contribution is 5.38. The molecule has 0 atom stereocenters. The molecule has 0 fully saturated rings. The molecule has 0 saturated heterocycles. The molecule has 0 unspecified atom stereocenters. The summed E-state index contributed by atoms with van der Waals surface area (Å²) >= 11 is 0. The van der Waals surface area contributed by atoms with E-state index in [2.05, 4.69) is 6.07 Å². The summed E-state index contributed by atoms with van der Waals surface area (Å²) < 4.78 is 0. The fraction of sp³-hybridized carbons (Fsp3) is 0.300. The summed E-state index contributed by atoms with van der Waals surface area (Å²) in [5, 5.41) is 8.56. The van der Waals surface area contributed by atoms with Gasteiger partial charge in [-0.15, -0.1) is 0 Å². The zero-order valence-corrected chi connectivity index (χ0v) is 6.18. The molecule has 0 heterocycles. The van der Waals surface area contributed by atoms with Crippen molar-refractivity contribution in [1.82, 2.24) is 0 Å². The molecule has 0 spiro atoms. The van der Waals surface area contributed by atoms with Crippen LogP contribution in [0.5, 0.6) is 0 Å². The zero-order chi connectivity index (χ0) is 7.56. The van der Waals surface area contributed by atoms with Crippen LogP contribution >= 0.6 is 0 Å². The van der Waals surface area contributed by atoms with Crippen molar-refractivity contribution in [3.8, 4) is 6.07 Å². The Bertz CT molecular complexity index is 281. The molecule has 0 aliphatic heterocycles. The van der Waals surface area contributed by atoms with Crippen LogP contribution in [0.2, 0.25) is 0 Å². The number of aryl methyl sites for hydroxylation is 2. The van der Waals surface area contributed by atoms with Crippen LogP contribution in [0.4, 0.5) is 0 Å². The Morgan fingerprint density at radius 2 is 1.91 bits per heavy atom. The topological polar surface area (TPSA) is 23.8 Å². The molecule has 0 bridgehead atoms. The van der Waals surface area contributed by atoms with Gasteiger partial charge >= 0.3 is 0 Å². The van der Waals surface area contributed by atoms with E-state index in [1.165, 1.54) is 5.56 Å². The first-order chi connectivity index (χ1) is 4.74. The lowest BCUT2D eigenvalue weighted by Gasteiger charge is -1.96. The predicted molar refractivity (Wildman–Crippen MR) is 47.4 cm³/mol. The molecule has 1 rings (SSSR count). The summed E-state index contributed by atoms with van der Waals surface area (Å²) in [5.74, 6) is 0. The summed E-state index contributed by atoms with van der Waals surface area (Å²) in [6.45, 7) is 3.97. The molecular weight excluding hydrogens is 134 g/mol.